The third kappa shape index (κ3) is 7.70. The van der Waals surface area contributed by atoms with Gasteiger partial charge >= 0.3 is 0 Å². The van der Waals surface area contributed by atoms with Crippen LogP contribution in [0.2, 0.25) is 0 Å². The van der Waals surface area contributed by atoms with Crippen LogP contribution in [0.4, 0.5) is 0 Å². The Kier molecular flexibility index (Phi) is 8.44. The molecule has 0 rings (SSSR count). The highest BCUT2D eigenvalue weighted by Crippen LogP contribution is 1.90. The molecule has 0 aliphatic carbocycles. The van der Waals surface area contributed by atoms with E-state index in [9.17, 15) is 0 Å². The van der Waals surface area contributed by atoms with Crippen LogP contribution in [0, 0.1) is 0 Å². The predicted molar refractivity (Wildman–Crippen MR) is 47.2 cm³/mol. The van der Waals surface area contributed by atoms with Gasteiger partial charge in [-0.3, -0.25) is 0 Å². The van der Waals surface area contributed by atoms with Crippen molar-refractivity contribution < 1.29 is 0 Å². The summed E-state index contributed by atoms with van der Waals surface area (Å²) in [7, 11) is 0. The van der Waals surface area contributed by atoms with Crippen LogP contribution in [0.25, 0.3) is 0 Å². The Morgan fingerprint density at radius 2 is 2.10 bits per heavy atom. The maximum Gasteiger partial charge on any atom is -0.00144 e. The highest BCUT2D eigenvalue weighted by molar-refractivity contribution is 4.67. The summed E-state index contributed by atoms with van der Waals surface area (Å²) in [6.45, 7) is 8.14. The van der Waals surface area contributed by atoms with Gasteiger partial charge in [0.1, 0.15) is 0 Å². The molecule has 0 saturated heterocycles. The first-order chi connectivity index (χ1) is 4.91. The molecular weight excluding hydrogens is 122 g/mol. The van der Waals surface area contributed by atoms with Gasteiger partial charge in [-0.15, -0.1) is 6.58 Å². The lowest BCUT2D eigenvalue weighted by molar-refractivity contribution is 0.620. The minimum atomic E-state index is 1.09. The summed E-state index contributed by atoms with van der Waals surface area (Å²) in [6.07, 6.45) is 7.01. The van der Waals surface area contributed by atoms with Crippen LogP contribution in [-0.4, -0.2) is 13.1 Å². The lowest BCUT2D eigenvalue weighted by atomic mass is 10.2. The van der Waals surface area contributed by atoms with Crippen molar-refractivity contribution in [2.24, 2.45) is 0 Å². The summed E-state index contributed by atoms with van der Waals surface area (Å²) in [5.74, 6) is 0. The van der Waals surface area contributed by atoms with Crippen molar-refractivity contribution >= 4 is 0 Å². The van der Waals surface area contributed by atoms with E-state index in [1.54, 1.807) is 0 Å². The molecule has 0 amide bonds. The van der Waals surface area contributed by atoms with Gasteiger partial charge in [-0.2, -0.15) is 0 Å². The summed E-state index contributed by atoms with van der Waals surface area (Å²) in [5, 5.41) is 3.35. The van der Waals surface area contributed by atoms with Crippen LogP contribution in [0.15, 0.2) is 12.7 Å². The average Bonchev–Trinajstić information content (AvgIpc) is 1.97. The number of hydrogen-bond acceptors (Lipinski definition) is 1. The quantitative estimate of drug-likeness (QED) is 0.424. The molecule has 0 aromatic heterocycles. The normalized spacial score (nSPS) is 9.70. The summed E-state index contributed by atoms with van der Waals surface area (Å²) in [5.41, 5.74) is 0. The molecule has 0 fully saturated rings. The highest BCUT2D eigenvalue weighted by Gasteiger charge is 1.84. The standard InChI is InChI=1S/C9H19N/c1-3-5-7-9-10-8-6-4-2/h4,10H,2-3,5-9H2,1H3. The number of nitrogens with one attached hydrogen (secondary N) is 1. The zero-order valence-corrected chi connectivity index (χ0v) is 7.03. The monoisotopic (exact) mass is 141 g/mol. The van der Waals surface area contributed by atoms with Crippen LogP contribution >= 0.6 is 0 Å². The summed E-state index contributed by atoms with van der Waals surface area (Å²) < 4.78 is 0. The van der Waals surface area contributed by atoms with E-state index < -0.39 is 0 Å². The molecule has 1 heteroatoms. The summed E-state index contributed by atoms with van der Waals surface area (Å²) >= 11 is 0. The first-order valence-electron chi connectivity index (χ1n) is 4.23. The highest BCUT2D eigenvalue weighted by atomic mass is 14.8. The molecule has 0 aliphatic heterocycles. The maximum atomic E-state index is 3.65. The van der Waals surface area contributed by atoms with Gasteiger partial charge in [0, 0.05) is 0 Å². The number of unbranched alkanes of at least 4 members (excludes halogenated alkanes) is 2. The average molecular weight is 141 g/mol. The van der Waals surface area contributed by atoms with Crippen LogP contribution in [-0.2, 0) is 0 Å². The van der Waals surface area contributed by atoms with E-state index in [-0.39, 0.29) is 0 Å². The van der Waals surface area contributed by atoms with Gasteiger partial charge < -0.3 is 5.32 Å². The van der Waals surface area contributed by atoms with E-state index in [1.807, 2.05) is 6.08 Å². The minimum Gasteiger partial charge on any atom is -0.316 e. The predicted octanol–water partition coefficient (Wildman–Crippen LogP) is 2.34. The fourth-order valence-electron chi connectivity index (χ4n) is 0.829. The van der Waals surface area contributed by atoms with E-state index in [2.05, 4.69) is 18.8 Å². The second-order valence-corrected chi connectivity index (χ2v) is 2.53. The Balaban J connectivity index is 2.70. The van der Waals surface area contributed by atoms with Crippen molar-refractivity contribution in [3.8, 4) is 0 Å². The van der Waals surface area contributed by atoms with Crippen LogP contribution in [0.1, 0.15) is 32.6 Å². The van der Waals surface area contributed by atoms with E-state index in [1.165, 1.54) is 25.8 Å². The Morgan fingerprint density at radius 1 is 1.30 bits per heavy atom. The Hall–Kier alpha value is -0.300. The SMILES string of the molecule is C=CCCNCCCCC. The lowest BCUT2D eigenvalue weighted by Gasteiger charge is -2.00. The van der Waals surface area contributed by atoms with Gasteiger partial charge in [-0.25, -0.2) is 0 Å². The smallest absolute Gasteiger partial charge is 0.00144 e. The Morgan fingerprint density at radius 3 is 2.70 bits per heavy atom. The van der Waals surface area contributed by atoms with Crippen molar-refractivity contribution in [1.82, 2.24) is 5.32 Å². The molecule has 10 heavy (non-hydrogen) atoms. The molecule has 1 nitrogen and oxygen atoms in total. The molecule has 0 atom stereocenters. The molecule has 0 spiro atoms. The van der Waals surface area contributed by atoms with Crippen molar-refractivity contribution in [2.45, 2.75) is 32.6 Å². The molecular formula is C9H19N. The van der Waals surface area contributed by atoms with Gasteiger partial charge in [-0.05, 0) is 25.9 Å². The molecule has 0 radical (unpaired) electrons. The lowest BCUT2D eigenvalue weighted by Crippen LogP contribution is -2.15. The minimum absolute atomic E-state index is 1.09. The molecule has 0 aliphatic rings. The third-order valence-electron chi connectivity index (χ3n) is 1.48. The topological polar surface area (TPSA) is 12.0 Å². The van der Waals surface area contributed by atoms with Crippen LogP contribution < -0.4 is 5.32 Å². The molecule has 0 heterocycles. The second kappa shape index (κ2) is 8.70. The van der Waals surface area contributed by atoms with Gasteiger partial charge in [0.05, 0.1) is 0 Å². The van der Waals surface area contributed by atoms with E-state index >= 15 is 0 Å². The molecule has 0 bridgehead atoms. The van der Waals surface area contributed by atoms with E-state index in [4.69, 9.17) is 0 Å². The van der Waals surface area contributed by atoms with Gasteiger partial charge in [0.15, 0.2) is 0 Å². The maximum absolute atomic E-state index is 3.65. The third-order valence-corrected chi connectivity index (χ3v) is 1.48. The second-order valence-electron chi connectivity index (χ2n) is 2.53. The zero-order valence-electron chi connectivity index (χ0n) is 7.03. The molecule has 0 aromatic carbocycles. The van der Waals surface area contributed by atoms with Crippen molar-refractivity contribution in [2.75, 3.05) is 13.1 Å². The first kappa shape index (κ1) is 9.70. The van der Waals surface area contributed by atoms with Crippen molar-refractivity contribution in [3.63, 3.8) is 0 Å². The number of rotatable bonds is 7. The number of hydrogen-bond donors (Lipinski definition) is 1. The Bertz CT molecular complexity index is 69.1. The van der Waals surface area contributed by atoms with Crippen molar-refractivity contribution in [1.29, 1.82) is 0 Å². The first-order valence-corrected chi connectivity index (χ1v) is 4.23. The van der Waals surface area contributed by atoms with Gasteiger partial charge in [-0.1, -0.05) is 25.8 Å². The summed E-state index contributed by atoms with van der Waals surface area (Å²) in [4.78, 5) is 0. The fraction of sp³-hybridized carbons (Fsp3) is 0.778. The molecule has 0 saturated carbocycles. The van der Waals surface area contributed by atoms with Crippen molar-refractivity contribution in [3.05, 3.63) is 12.7 Å². The van der Waals surface area contributed by atoms with Gasteiger partial charge in [0.2, 0.25) is 0 Å². The van der Waals surface area contributed by atoms with Gasteiger partial charge in [0.25, 0.3) is 0 Å². The van der Waals surface area contributed by atoms with E-state index in [0.717, 1.165) is 13.0 Å². The largest absolute Gasteiger partial charge is 0.316 e. The fourth-order valence-corrected chi connectivity index (χ4v) is 0.829. The zero-order chi connectivity index (χ0) is 7.66. The molecule has 0 unspecified atom stereocenters. The molecule has 0 aromatic rings. The molecule has 1 N–H and O–H groups in total. The van der Waals surface area contributed by atoms with E-state index in [0.29, 0.717) is 0 Å². The summed E-state index contributed by atoms with van der Waals surface area (Å²) in [6, 6.07) is 0. The Labute approximate surface area is 64.5 Å². The van der Waals surface area contributed by atoms with Crippen LogP contribution in [0.5, 0.6) is 0 Å². The van der Waals surface area contributed by atoms with Crippen LogP contribution in [0.3, 0.4) is 0 Å². The molecule has 60 valence electrons.